The zero-order valence-corrected chi connectivity index (χ0v) is 17.5. The number of halogens is 2. The maximum absolute atomic E-state index is 13.1. The summed E-state index contributed by atoms with van der Waals surface area (Å²) in [6.45, 7) is 0. The summed E-state index contributed by atoms with van der Waals surface area (Å²) in [7, 11) is 1.55. The van der Waals surface area contributed by atoms with Crippen LogP contribution < -0.4 is 20.4 Å². The van der Waals surface area contributed by atoms with Gasteiger partial charge in [0.25, 0.3) is 11.1 Å². The van der Waals surface area contributed by atoms with E-state index in [9.17, 15) is 14.0 Å². The lowest BCUT2D eigenvalue weighted by Crippen LogP contribution is -2.28. The lowest BCUT2D eigenvalue weighted by atomic mass is 10.1. The zero-order chi connectivity index (χ0) is 20.5. The second-order valence-corrected chi connectivity index (χ2v) is 8.09. The Kier molecular flexibility index (Phi) is 5.25. The Morgan fingerprint density at radius 2 is 1.97 bits per heavy atom. The molecular formula is C20H13BrFN3O3S. The number of ether oxygens (including phenoxy) is 1. The molecule has 0 saturated heterocycles. The quantitative estimate of drug-likeness (QED) is 0.455. The molecule has 0 radical (unpaired) electrons. The number of rotatable bonds is 4. The van der Waals surface area contributed by atoms with Gasteiger partial charge in [-0.25, -0.2) is 4.39 Å². The summed E-state index contributed by atoms with van der Waals surface area (Å²) in [4.78, 5) is 29.4. The van der Waals surface area contributed by atoms with Crippen molar-refractivity contribution in [2.75, 3.05) is 7.11 Å². The van der Waals surface area contributed by atoms with Gasteiger partial charge >= 0.3 is 0 Å². The van der Waals surface area contributed by atoms with Crippen LogP contribution >= 0.6 is 27.3 Å². The third kappa shape index (κ3) is 3.96. The van der Waals surface area contributed by atoms with Crippen LogP contribution in [-0.2, 0) is 6.42 Å². The van der Waals surface area contributed by atoms with Crippen LogP contribution in [0, 0.1) is 5.82 Å². The van der Waals surface area contributed by atoms with Crippen LogP contribution in [0.4, 0.5) is 4.39 Å². The van der Waals surface area contributed by atoms with Gasteiger partial charge in [-0.1, -0.05) is 39.4 Å². The summed E-state index contributed by atoms with van der Waals surface area (Å²) in [5.41, 5.74) is 0.642. The van der Waals surface area contributed by atoms with Crippen LogP contribution in [0.2, 0.25) is 0 Å². The van der Waals surface area contributed by atoms with Gasteiger partial charge in [0.05, 0.1) is 11.6 Å². The lowest BCUT2D eigenvalue weighted by molar-refractivity contribution is 0.413. The van der Waals surface area contributed by atoms with Gasteiger partial charge in [0.2, 0.25) is 4.96 Å². The van der Waals surface area contributed by atoms with E-state index in [1.165, 1.54) is 12.1 Å². The smallest absolute Gasteiger partial charge is 0.296 e. The monoisotopic (exact) mass is 473 g/mol. The van der Waals surface area contributed by atoms with Crippen LogP contribution in [0.5, 0.6) is 5.75 Å². The molecule has 9 heteroatoms. The first-order valence-corrected chi connectivity index (χ1v) is 10.1. The normalized spacial score (nSPS) is 11.9. The van der Waals surface area contributed by atoms with Crippen molar-refractivity contribution in [2.45, 2.75) is 6.42 Å². The van der Waals surface area contributed by atoms with Crippen LogP contribution in [0.15, 0.2) is 56.5 Å². The molecule has 0 fully saturated rings. The number of hydrogen-bond donors (Lipinski definition) is 0. The van der Waals surface area contributed by atoms with Gasteiger partial charge in [0.1, 0.15) is 17.3 Å². The third-order valence-electron chi connectivity index (χ3n) is 4.21. The van der Waals surface area contributed by atoms with E-state index in [4.69, 9.17) is 4.74 Å². The Morgan fingerprint density at radius 1 is 1.21 bits per heavy atom. The molecule has 0 saturated carbocycles. The minimum atomic E-state index is -0.512. The van der Waals surface area contributed by atoms with E-state index >= 15 is 0 Å². The van der Waals surface area contributed by atoms with E-state index in [1.54, 1.807) is 31.4 Å². The lowest BCUT2D eigenvalue weighted by Gasteiger charge is -2.04. The van der Waals surface area contributed by atoms with Gasteiger partial charge in [0, 0.05) is 16.5 Å². The first-order valence-electron chi connectivity index (χ1n) is 8.47. The van der Waals surface area contributed by atoms with Gasteiger partial charge in [-0.2, -0.15) is 14.6 Å². The molecule has 2 heterocycles. The maximum Gasteiger partial charge on any atom is 0.296 e. The van der Waals surface area contributed by atoms with Crippen molar-refractivity contribution in [2.24, 2.45) is 0 Å². The number of hydrogen-bond acceptors (Lipinski definition) is 6. The molecular weight excluding hydrogens is 461 g/mol. The van der Waals surface area contributed by atoms with E-state index in [0.717, 1.165) is 20.3 Å². The Labute approximate surface area is 176 Å². The predicted octanol–water partition coefficient (Wildman–Crippen LogP) is 2.56. The molecule has 6 nitrogen and oxygen atoms in total. The number of benzene rings is 2. The summed E-state index contributed by atoms with van der Waals surface area (Å²) in [5.74, 6) is 0.243. The molecule has 4 rings (SSSR count). The first-order chi connectivity index (χ1) is 13.9. The number of aromatic nitrogens is 3. The van der Waals surface area contributed by atoms with Gasteiger partial charge in [0.15, 0.2) is 0 Å². The molecule has 146 valence electrons. The Morgan fingerprint density at radius 3 is 2.69 bits per heavy atom. The fourth-order valence-corrected chi connectivity index (χ4v) is 4.08. The molecule has 2 aromatic carbocycles. The van der Waals surface area contributed by atoms with E-state index in [-0.39, 0.29) is 28.5 Å². The van der Waals surface area contributed by atoms with Gasteiger partial charge < -0.3 is 4.74 Å². The largest absolute Gasteiger partial charge is 0.496 e. The number of thiazole rings is 1. The van der Waals surface area contributed by atoms with E-state index in [1.807, 2.05) is 12.1 Å². The highest BCUT2D eigenvalue weighted by Crippen LogP contribution is 2.23. The summed E-state index contributed by atoms with van der Waals surface area (Å²) < 4.78 is 20.8. The second kappa shape index (κ2) is 7.84. The van der Waals surface area contributed by atoms with Crippen molar-refractivity contribution < 1.29 is 9.13 Å². The summed E-state index contributed by atoms with van der Waals surface area (Å²) in [6, 6.07) is 11.2. The van der Waals surface area contributed by atoms with Crippen molar-refractivity contribution in [3.05, 3.63) is 94.8 Å². The summed E-state index contributed by atoms with van der Waals surface area (Å²) in [6.07, 6.45) is 1.83. The molecule has 0 aliphatic rings. The van der Waals surface area contributed by atoms with Crippen LogP contribution in [0.3, 0.4) is 0 Å². The molecule has 0 atom stereocenters. The molecule has 2 aromatic heterocycles. The average Bonchev–Trinajstić information content (AvgIpc) is 2.99. The molecule has 0 aliphatic heterocycles. The summed E-state index contributed by atoms with van der Waals surface area (Å²) in [5, 5.41) is 4.20. The van der Waals surface area contributed by atoms with Crippen molar-refractivity contribution in [1.82, 2.24) is 14.6 Å². The second-order valence-electron chi connectivity index (χ2n) is 6.16. The standard InChI is InChI=1S/C20H13BrFN3O3S/c1-28-16-7-4-13(21)9-12(16)10-17-19(27)25-20(29-17)23-18(26)15(24-25)8-11-2-5-14(22)6-3-11/h2-7,9-10H,8H2,1H3/b17-10+. The van der Waals surface area contributed by atoms with Crippen LogP contribution in [-0.4, -0.2) is 21.7 Å². The fraction of sp³-hybridized carbons (Fsp3) is 0.100. The van der Waals surface area contributed by atoms with E-state index in [2.05, 4.69) is 26.0 Å². The van der Waals surface area contributed by atoms with Crippen molar-refractivity contribution in [1.29, 1.82) is 0 Å². The Hall–Kier alpha value is -2.91. The van der Waals surface area contributed by atoms with Crippen LogP contribution in [0.25, 0.3) is 11.0 Å². The summed E-state index contributed by atoms with van der Waals surface area (Å²) >= 11 is 4.48. The van der Waals surface area contributed by atoms with E-state index < -0.39 is 5.56 Å². The molecule has 0 unspecified atom stereocenters. The SMILES string of the molecule is COc1ccc(Br)cc1/C=c1/sc2nc(=O)c(Cc3ccc(F)cc3)nn2c1=O. The Bertz CT molecular complexity index is 1380. The van der Waals surface area contributed by atoms with Gasteiger partial charge in [-0.3, -0.25) is 9.59 Å². The average molecular weight is 474 g/mol. The van der Waals surface area contributed by atoms with Crippen molar-refractivity contribution in [3.63, 3.8) is 0 Å². The highest BCUT2D eigenvalue weighted by Gasteiger charge is 2.12. The molecule has 4 aromatic rings. The van der Waals surface area contributed by atoms with Crippen molar-refractivity contribution >= 4 is 38.3 Å². The number of fused-ring (bicyclic) bond motifs is 1. The van der Waals surface area contributed by atoms with E-state index in [0.29, 0.717) is 21.4 Å². The first kappa shape index (κ1) is 19.4. The topological polar surface area (TPSA) is 73.6 Å². The van der Waals surface area contributed by atoms with Crippen molar-refractivity contribution in [3.8, 4) is 5.75 Å². The highest BCUT2D eigenvalue weighted by molar-refractivity contribution is 9.10. The minimum Gasteiger partial charge on any atom is -0.496 e. The molecule has 0 amide bonds. The molecule has 0 spiro atoms. The van der Waals surface area contributed by atoms with Crippen LogP contribution in [0.1, 0.15) is 16.8 Å². The maximum atomic E-state index is 13.1. The predicted molar refractivity (Wildman–Crippen MR) is 112 cm³/mol. The molecule has 0 bridgehead atoms. The molecule has 0 aliphatic carbocycles. The third-order valence-corrected chi connectivity index (χ3v) is 5.67. The fourth-order valence-electron chi connectivity index (χ4n) is 2.81. The van der Waals surface area contributed by atoms with Gasteiger partial charge in [-0.05, 0) is 42.0 Å². The molecule has 29 heavy (non-hydrogen) atoms. The highest BCUT2D eigenvalue weighted by atomic mass is 79.9. The minimum absolute atomic E-state index is 0.121. The molecule has 0 N–H and O–H groups in total. The number of nitrogens with zero attached hydrogens (tertiary/aromatic N) is 3. The Balaban J connectivity index is 1.82. The zero-order valence-electron chi connectivity index (χ0n) is 15.1. The van der Waals surface area contributed by atoms with Gasteiger partial charge in [-0.15, -0.1) is 0 Å². The number of methoxy groups -OCH3 is 1.